The smallest absolute Gasteiger partial charge is 0.406 e. The van der Waals surface area contributed by atoms with Gasteiger partial charge in [0, 0.05) is 35.7 Å². The molecule has 2 heterocycles. The van der Waals surface area contributed by atoms with Gasteiger partial charge in [0.1, 0.15) is 12.1 Å². The summed E-state index contributed by atoms with van der Waals surface area (Å²) in [5, 5.41) is 5.12. The van der Waals surface area contributed by atoms with Crippen LogP contribution < -0.4 is 9.64 Å². The van der Waals surface area contributed by atoms with Crippen molar-refractivity contribution in [1.29, 1.82) is 0 Å². The van der Waals surface area contributed by atoms with Crippen LogP contribution in [0, 0.1) is 6.92 Å². The minimum Gasteiger partial charge on any atom is -0.406 e. The zero-order chi connectivity index (χ0) is 32.1. The summed E-state index contributed by atoms with van der Waals surface area (Å²) < 4.78 is 42.7. The third kappa shape index (κ3) is 8.39. The Bertz CT molecular complexity index is 1710. The van der Waals surface area contributed by atoms with E-state index in [0.717, 1.165) is 41.1 Å². The second kappa shape index (κ2) is 13.7. The van der Waals surface area contributed by atoms with Gasteiger partial charge in [-0.15, -0.1) is 18.3 Å². The molecule has 0 aliphatic carbocycles. The van der Waals surface area contributed by atoms with Gasteiger partial charge < -0.3 is 9.64 Å². The van der Waals surface area contributed by atoms with E-state index >= 15 is 0 Å². The lowest BCUT2D eigenvalue weighted by Gasteiger charge is -2.32. The van der Waals surface area contributed by atoms with Crippen LogP contribution in [-0.4, -0.2) is 50.3 Å². The fraction of sp³-hybridized carbons (Fsp3) is 0.303. The molecule has 0 atom stereocenters. The number of anilines is 1. The van der Waals surface area contributed by atoms with Crippen molar-refractivity contribution >= 4 is 34.4 Å². The Kier molecular flexibility index (Phi) is 9.71. The molecule has 1 fully saturated rings. The average Bonchev–Trinajstić information content (AvgIpc) is 3.47. The minimum atomic E-state index is -4.75. The minimum absolute atomic E-state index is 0.313. The summed E-state index contributed by atoms with van der Waals surface area (Å²) in [5.41, 5.74) is 6.37. The van der Waals surface area contributed by atoms with E-state index in [0.29, 0.717) is 34.7 Å². The number of amidine groups is 1. The molecular weight excluding hydrogens is 601 g/mol. The number of ether oxygens (including phenoxy) is 1. The molecule has 12 heteroatoms. The number of carbonyl (C=O) groups is 1. The average molecular weight is 635 g/mol. The predicted molar refractivity (Wildman–Crippen MR) is 173 cm³/mol. The number of carbonyl (C=O) groups excluding carboxylic acids is 1. The summed E-state index contributed by atoms with van der Waals surface area (Å²) in [7, 11) is 0. The Morgan fingerprint density at radius 3 is 2.49 bits per heavy atom. The maximum Gasteiger partial charge on any atom is 0.573 e. The Morgan fingerprint density at radius 1 is 1.07 bits per heavy atom. The number of aliphatic imine (C=N–C) groups is 2. The monoisotopic (exact) mass is 634 g/mol. The molecule has 0 saturated carbocycles. The molecule has 4 aromatic rings. The molecule has 0 spiro atoms. The van der Waals surface area contributed by atoms with E-state index < -0.39 is 12.4 Å². The van der Waals surface area contributed by atoms with Crippen molar-refractivity contribution in [2.45, 2.75) is 52.8 Å². The molecular formula is C33H33F3N6O2S. The van der Waals surface area contributed by atoms with Crippen LogP contribution >= 0.6 is 11.8 Å². The maximum absolute atomic E-state index is 12.9. The molecule has 1 saturated heterocycles. The van der Waals surface area contributed by atoms with Crippen molar-refractivity contribution in [3.63, 3.8) is 0 Å². The summed E-state index contributed by atoms with van der Waals surface area (Å²) in [6.45, 7) is 9.01. The first kappa shape index (κ1) is 32.0. The molecule has 2 amide bonds. The molecule has 0 bridgehead atoms. The largest absolute Gasteiger partial charge is 0.573 e. The number of urea groups is 1. The van der Waals surface area contributed by atoms with E-state index in [-0.39, 0.29) is 5.75 Å². The van der Waals surface area contributed by atoms with Crippen LogP contribution in [0.5, 0.6) is 5.75 Å². The first-order valence-corrected chi connectivity index (χ1v) is 15.5. The number of hydrogen-bond donors (Lipinski definition) is 0. The SMILES string of the molecule is CC(Cc1ccc(-c2ncn(-c3ccc(OC(F)(F)F)cc3)n2)cc1)=NC(=O)N=C1SCCCN1c1cc(C)ccc1C(C)C. The highest BCUT2D eigenvalue weighted by molar-refractivity contribution is 8.14. The topological polar surface area (TPSA) is 85.0 Å². The molecule has 1 aliphatic rings. The van der Waals surface area contributed by atoms with E-state index in [1.807, 2.05) is 31.2 Å². The third-order valence-electron chi connectivity index (χ3n) is 7.06. The summed E-state index contributed by atoms with van der Waals surface area (Å²) in [4.78, 5) is 28.1. The van der Waals surface area contributed by atoms with Crippen molar-refractivity contribution in [3.05, 3.63) is 89.7 Å². The molecule has 0 unspecified atom stereocenters. The van der Waals surface area contributed by atoms with Crippen LogP contribution in [0.25, 0.3) is 17.1 Å². The number of amides is 2. The number of hydrogen-bond acceptors (Lipinski definition) is 5. The molecule has 0 radical (unpaired) electrons. The molecule has 234 valence electrons. The first-order chi connectivity index (χ1) is 21.4. The number of aromatic nitrogens is 3. The van der Waals surface area contributed by atoms with Gasteiger partial charge in [-0.1, -0.05) is 62.0 Å². The molecule has 8 nitrogen and oxygen atoms in total. The van der Waals surface area contributed by atoms with E-state index in [1.165, 1.54) is 40.8 Å². The van der Waals surface area contributed by atoms with Crippen LogP contribution in [0.4, 0.5) is 23.7 Å². The van der Waals surface area contributed by atoms with E-state index in [4.69, 9.17) is 0 Å². The van der Waals surface area contributed by atoms with Crippen LogP contribution in [-0.2, 0) is 6.42 Å². The van der Waals surface area contributed by atoms with Gasteiger partial charge in [-0.2, -0.15) is 4.99 Å². The van der Waals surface area contributed by atoms with Crippen molar-refractivity contribution in [3.8, 4) is 22.8 Å². The molecule has 5 rings (SSSR count). The van der Waals surface area contributed by atoms with Gasteiger partial charge in [0.2, 0.25) is 0 Å². The van der Waals surface area contributed by atoms with Gasteiger partial charge in [0.25, 0.3) is 0 Å². The number of nitrogens with zero attached hydrogens (tertiary/aromatic N) is 6. The Hall–Kier alpha value is -4.45. The lowest BCUT2D eigenvalue weighted by atomic mass is 9.98. The highest BCUT2D eigenvalue weighted by Gasteiger charge is 2.31. The summed E-state index contributed by atoms with van der Waals surface area (Å²) in [5.74, 6) is 1.38. The maximum atomic E-state index is 12.9. The molecule has 1 aromatic heterocycles. The van der Waals surface area contributed by atoms with E-state index in [2.05, 4.69) is 68.7 Å². The van der Waals surface area contributed by atoms with E-state index in [1.54, 1.807) is 11.8 Å². The second-order valence-corrected chi connectivity index (χ2v) is 12.1. The summed E-state index contributed by atoms with van der Waals surface area (Å²) in [6.07, 6.45) is -1.79. The standard InChI is InChI=1S/C33H33F3N6O2S/c1-21(2)28-15-6-22(3)18-29(28)41-16-5-17-45-32(41)39-31(43)38-23(4)19-24-7-9-25(10-8-24)30-37-20-42(40-30)26-11-13-27(14-12-26)44-33(34,35)36/h6-15,18,20-21H,5,16-17,19H2,1-4H3. The molecule has 3 aromatic carbocycles. The van der Waals surface area contributed by atoms with Crippen molar-refractivity contribution < 1.29 is 22.7 Å². The Labute approximate surface area is 264 Å². The predicted octanol–water partition coefficient (Wildman–Crippen LogP) is 8.39. The zero-order valence-electron chi connectivity index (χ0n) is 25.4. The fourth-order valence-electron chi connectivity index (χ4n) is 4.95. The van der Waals surface area contributed by atoms with Crippen molar-refractivity contribution in [2.75, 3.05) is 17.2 Å². The van der Waals surface area contributed by atoms with E-state index in [9.17, 15) is 18.0 Å². The number of aryl methyl sites for hydroxylation is 1. The van der Waals surface area contributed by atoms with Crippen molar-refractivity contribution in [1.82, 2.24) is 14.8 Å². The normalized spacial score (nSPS) is 15.2. The lowest BCUT2D eigenvalue weighted by Crippen LogP contribution is -2.35. The van der Waals surface area contributed by atoms with Gasteiger partial charge in [0.15, 0.2) is 11.0 Å². The fourth-order valence-corrected chi connectivity index (χ4v) is 5.89. The first-order valence-electron chi connectivity index (χ1n) is 14.5. The third-order valence-corrected chi connectivity index (χ3v) is 8.13. The van der Waals surface area contributed by atoms with Gasteiger partial charge in [-0.3, -0.25) is 0 Å². The molecule has 1 aliphatic heterocycles. The van der Waals surface area contributed by atoms with Crippen molar-refractivity contribution in [2.24, 2.45) is 9.98 Å². The van der Waals surface area contributed by atoms with Crippen LogP contribution in [0.15, 0.2) is 83.0 Å². The molecule has 0 N–H and O–H groups in total. The van der Waals surface area contributed by atoms with Gasteiger partial charge >= 0.3 is 12.4 Å². The number of benzene rings is 3. The number of alkyl halides is 3. The lowest BCUT2D eigenvalue weighted by molar-refractivity contribution is -0.274. The highest BCUT2D eigenvalue weighted by Crippen LogP contribution is 2.33. The Morgan fingerprint density at radius 2 is 1.80 bits per heavy atom. The quantitative estimate of drug-likeness (QED) is 0.190. The zero-order valence-corrected chi connectivity index (χ0v) is 26.2. The Balaban J connectivity index is 1.24. The summed E-state index contributed by atoms with van der Waals surface area (Å²) in [6, 6.07) is 18.8. The van der Waals surface area contributed by atoms with Gasteiger partial charge in [-0.05, 0) is 73.2 Å². The molecule has 45 heavy (non-hydrogen) atoms. The van der Waals surface area contributed by atoms with Crippen LogP contribution in [0.2, 0.25) is 0 Å². The highest BCUT2D eigenvalue weighted by atomic mass is 32.2. The van der Waals surface area contributed by atoms with Crippen LogP contribution in [0.3, 0.4) is 0 Å². The second-order valence-electron chi connectivity index (χ2n) is 11.0. The summed E-state index contributed by atoms with van der Waals surface area (Å²) >= 11 is 1.58. The van der Waals surface area contributed by atoms with Gasteiger partial charge in [-0.25, -0.2) is 19.5 Å². The number of thioether (sulfide) groups is 1. The van der Waals surface area contributed by atoms with Gasteiger partial charge in [0.05, 0.1) is 5.69 Å². The number of rotatable bonds is 7. The van der Waals surface area contributed by atoms with Crippen LogP contribution in [0.1, 0.15) is 49.8 Å². The number of halogens is 3.